The number of nitrogens with zero attached hydrogens (tertiary/aromatic N) is 2. The summed E-state index contributed by atoms with van der Waals surface area (Å²) in [6.07, 6.45) is 2.05. The van der Waals surface area contributed by atoms with Crippen LogP contribution in [0.3, 0.4) is 0 Å². The molecule has 0 aromatic rings. The summed E-state index contributed by atoms with van der Waals surface area (Å²) in [5, 5.41) is 3.24. The maximum Gasteiger partial charge on any atom is 0.336 e. The van der Waals surface area contributed by atoms with Crippen LogP contribution in [0, 0.1) is 0 Å². The van der Waals surface area contributed by atoms with Gasteiger partial charge >= 0.3 is 5.97 Å². The molecule has 0 aromatic heterocycles. The number of rotatable bonds is 10. The number of ether oxygens (including phenoxy) is 1. The first-order valence-corrected chi connectivity index (χ1v) is 9.85. The first kappa shape index (κ1) is 24.2. The summed E-state index contributed by atoms with van der Waals surface area (Å²) >= 11 is 0. The smallest absolute Gasteiger partial charge is 0.336 e. The summed E-state index contributed by atoms with van der Waals surface area (Å²) in [6.45, 7) is 6.72. The van der Waals surface area contributed by atoms with Crippen LogP contribution < -0.4 is 5.32 Å². The van der Waals surface area contributed by atoms with E-state index in [2.05, 4.69) is 5.32 Å². The van der Waals surface area contributed by atoms with Crippen LogP contribution in [0.25, 0.3) is 0 Å². The number of nitrogens with one attached hydrogen (secondary N) is 1. The lowest BCUT2D eigenvalue weighted by molar-refractivity contribution is -0.201. The third kappa shape index (κ3) is 6.99. The van der Waals surface area contributed by atoms with Gasteiger partial charge in [-0.1, -0.05) is 0 Å². The van der Waals surface area contributed by atoms with Gasteiger partial charge in [-0.15, -0.1) is 5.06 Å². The van der Waals surface area contributed by atoms with E-state index < -0.39 is 40.7 Å². The van der Waals surface area contributed by atoms with Crippen LogP contribution in [0.15, 0.2) is 12.2 Å². The molecule has 0 bridgehead atoms. The Bertz CT molecular complexity index is 796. The Hall–Kier alpha value is -3.08. The van der Waals surface area contributed by atoms with E-state index in [1.807, 2.05) is 0 Å². The number of amides is 5. The number of carbonyl (C=O) groups is 6. The predicted molar refractivity (Wildman–Crippen MR) is 105 cm³/mol. The lowest BCUT2D eigenvalue weighted by Crippen LogP contribution is -2.49. The molecule has 0 unspecified atom stereocenters. The van der Waals surface area contributed by atoms with Gasteiger partial charge in [0.05, 0.1) is 24.2 Å². The van der Waals surface area contributed by atoms with Crippen LogP contribution in [0.1, 0.15) is 53.4 Å². The lowest BCUT2D eigenvalue weighted by Gasteiger charge is -2.32. The fraction of sp³-hybridized carbons (Fsp3) is 0.600. The Labute approximate surface area is 179 Å². The van der Waals surface area contributed by atoms with Crippen molar-refractivity contribution in [2.75, 3.05) is 13.2 Å². The SMILES string of the molecule is CC(C)(COC(C)(C)CC(=O)ON1C(=O)CCC1=O)NC(=O)CCN1C(=O)C=CC1=O. The zero-order chi connectivity index (χ0) is 23.4. The molecule has 0 atom stereocenters. The van der Waals surface area contributed by atoms with E-state index in [4.69, 9.17) is 9.57 Å². The van der Waals surface area contributed by atoms with Crippen molar-refractivity contribution < 1.29 is 38.3 Å². The molecule has 0 radical (unpaired) electrons. The van der Waals surface area contributed by atoms with Crippen LogP contribution >= 0.6 is 0 Å². The Balaban J connectivity index is 1.77. The van der Waals surface area contributed by atoms with E-state index in [9.17, 15) is 28.8 Å². The second kappa shape index (κ2) is 9.38. The average molecular weight is 437 g/mol. The van der Waals surface area contributed by atoms with Crippen molar-refractivity contribution in [2.45, 2.75) is 64.5 Å². The van der Waals surface area contributed by atoms with Crippen LogP contribution in [0.4, 0.5) is 0 Å². The number of carbonyl (C=O) groups excluding carboxylic acids is 6. The minimum Gasteiger partial charge on any atom is -0.373 e. The summed E-state index contributed by atoms with van der Waals surface area (Å²) in [7, 11) is 0. The van der Waals surface area contributed by atoms with Crippen molar-refractivity contribution in [3.8, 4) is 0 Å². The second-order valence-electron chi connectivity index (χ2n) is 8.61. The zero-order valence-corrected chi connectivity index (χ0v) is 18.1. The maximum atomic E-state index is 12.2. The lowest BCUT2D eigenvalue weighted by atomic mass is 10.0. The topological polar surface area (TPSA) is 139 Å². The summed E-state index contributed by atoms with van der Waals surface area (Å²) in [5.41, 5.74) is -1.80. The van der Waals surface area contributed by atoms with Crippen molar-refractivity contribution in [3.63, 3.8) is 0 Å². The van der Waals surface area contributed by atoms with Gasteiger partial charge < -0.3 is 14.9 Å². The first-order chi connectivity index (χ1) is 14.3. The van der Waals surface area contributed by atoms with Crippen molar-refractivity contribution in [3.05, 3.63) is 12.2 Å². The second-order valence-corrected chi connectivity index (χ2v) is 8.61. The third-order valence-electron chi connectivity index (χ3n) is 4.53. The molecule has 1 N–H and O–H groups in total. The molecule has 0 aromatic carbocycles. The highest BCUT2D eigenvalue weighted by molar-refractivity contribution is 6.13. The molecule has 0 spiro atoms. The molecule has 170 valence electrons. The van der Waals surface area contributed by atoms with Gasteiger partial charge in [0.15, 0.2) is 0 Å². The Morgan fingerprint density at radius 1 is 1.00 bits per heavy atom. The van der Waals surface area contributed by atoms with Crippen molar-refractivity contribution in [1.82, 2.24) is 15.3 Å². The first-order valence-electron chi connectivity index (χ1n) is 9.85. The van der Waals surface area contributed by atoms with E-state index in [1.165, 1.54) is 0 Å². The minimum absolute atomic E-state index is 0.0104. The standard InChI is InChI=1S/C20H27N3O8/c1-19(2,21-13(24)9-10-22-14(25)5-6-15(22)26)12-30-20(3,4)11-18(29)31-23-16(27)7-8-17(23)28/h5-6H,7-12H2,1-4H3,(H,21,24). The fourth-order valence-corrected chi connectivity index (χ4v) is 2.91. The highest BCUT2D eigenvalue weighted by atomic mass is 16.7. The predicted octanol–water partition coefficient (Wildman–Crippen LogP) is -0.0112. The minimum atomic E-state index is -0.995. The maximum absolute atomic E-state index is 12.2. The van der Waals surface area contributed by atoms with Crippen molar-refractivity contribution in [1.29, 1.82) is 0 Å². The van der Waals surface area contributed by atoms with Crippen molar-refractivity contribution >= 4 is 35.5 Å². The highest BCUT2D eigenvalue weighted by Gasteiger charge is 2.35. The molecule has 2 heterocycles. The molecule has 2 aliphatic heterocycles. The van der Waals surface area contributed by atoms with Crippen LogP contribution in [-0.2, 0) is 38.3 Å². The highest BCUT2D eigenvalue weighted by Crippen LogP contribution is 2.20. The number of hydrogen-bond acceptors (Lipinski definition) is 8. The van der Waals surface area contributed by atoms with Gasteiger partial charge in [0, 0.05) is 38.0 Å². The molecule has 5 amide bonds. The Kier molecular flexibility index (Phi) is 7.32. The van der Waals surface area contributed by atoms with Crippen LogP contribution in [0.2, 0.25) is 0 Å². The summed E-state index contributed by atoms with van der Waals surface area (Å²) < 4.78 is 5.76. The number of hydroxylamine groups is 2. The van der Waals surface area contributed by atoms with Gasteiger partial charge in [-0.25, -0.2) is 4.79 Å². The van der Waals surface area contributed by atoms with E-state index >= 15 is 0 Å². The molecule has 11 nitrogen and oxygen atoms in total. The molecule has 0 aliphatic carbocycles. The van der Waals surface area contributed by atoms with Gasteiger partial charge in [0.1, 0.15) is 0 Å². The van der Waals surface area contributed by atoms with Crippen LogP contribution in [-0.4, -0.2) is 69.8 Å². The fourth-order valence-electron chi connectivity index (χ4n) is 2.91. The summed E-state index contributed by atoms with van der Waals surface area (Å²) in [4.78, 5) is 76.2. The Morgan fingerprint density at radius 2 is 1.55 bits per heavy atom. The monoisotopic (exact) mass is 437 g/mol. The molecule has 11 heteroatoms. The van der Waals surface area contributed by atoms with Gasteiger partial charge in [-0.2, -0.15) is 0 Å². The number of imide groups is 2. The largest absolute Gasteiger partial charge is 0.373 e. The van der Waals surface area contributed by atoms with E-state index in [-0.39, 0.29) is 44.7 Å². The zero-order valence-electron chi connectivity index (χ0n) is 18.1. The van der Waals surface area contributed by atoms with E-state index in [0.29, 0.717) is 5.06 Å². The van der Waals surface area contributed by atoms with E-state index in [0.717, 1.165) is 17.1 Å². The molecule has 2 rings (SSSR count). The molecule has 31 heavy (non-hydrogen) atoms. The molecule has 1 fully saturated rings. The quantitative estimate of drug-likeness (QED) is 0.471. The van der Waals surface area contributed by atoms with E-state index in [1.54, 1.807) is 27.7 Å². The summed E-state index contributed by atoms with van der Waals surface area (Å²) in [5.74, 6) is -3.19. The van der Waals surface area contributed by atoms with Crippen LogP contribution in [0.5, 0.6) is 0 Å². The molecular weight excluding hydrogens is 410 g/mol. The number of hydrogen-bond donors (Lipinski definition) is 1. The Morgan fingerprint density at radius 3 is 2.10 bits per heavy atom. The summed E-state index contributed by atoms with van der Waals surface area (Å²) in [6, 6.07) is 0. The molecule has 0 saturated carbocycles. The molecule has 2 aliphatic rings. The van der Waals surface area contributed by atoms with Gasteiger partial charge in [0.2, 0.25) is 5.91 Å². The molecular formula is C20H27N3O8. The van der Waals surface area contributed by atoms with Gasteiger partial charge in [-0.3, -0.25) is 28.9 Å². The molecule has 1 saturated heterocycles. The van der Waals surface area contributed by atoms with Crippen molar-refractivity contribution in [2.24, 2.45) is 0 Å². The van der Waals surface area contributed by atoms with Gasteiger partial charge in [0.25, 0.3) is 23.6 Å². The average Bonchev–Trinajstić information content (AvgIpc) is 3.13. The third-order valence-corrected chi connectivity index (χ3v) is 4.53. The van der Waals surface area contributed by atoms with Gasteiger partial charge in [-0.05, 0) is 27.7 Å². The normalized spacial score (nSPS) is 17.0.